The normalized spacial score (nSPS) is 21.8. The molecule has 1 rings (SSSR count). The lowest BCUT2D eigenvalue weighted by Crippen LogP contribution is -2.33. The maximum Gasteiger partial charge on any atom is 0.0558 e. The van der Waals surface area contributed by atoms with E-state index in [4.69, 9.17) is 5.11 Å². The van der Waals surface area contributed by atoms with Crippen LogP contribution in [0.25, 0.3) is 0 Å². The Kier molecular flexibility index (Phi) is 5.88. The maximum atomic E-state index is 8.94. The average molecular weight is 197 g/mol. The van der Waals surface area contributed by atoms with E-state index in [0.29, 0.717) is 6.61 Å². The van der Waals surface area contributed by atoms with E-state index in [2.05, 4.69) is 24.0 Å². The molecule has 1 unspecified atom stereocenters. The van der Waals surface area contributed by atoms with Gasteiger partial charge in [0.15, 0.2) is 0 Å². The van der Waals surface area contributed by atoms with Crippen molar-refractivity contribution >= 4 is 0 Å². The van der Waals surface area contributed by atoms with Gasteiger partial charge in [0.2, 0.25) is 0 Å². The molecule has 0 aromatic heterocycles. The van der Waals surface area contributed by atoms with Crippen molar-refractivity contribution in [2.45, 2.75) is 32.6 Å². The van der Waals surface area contributed by atoms with Gasteiger partial charge in [-0.15, -0.1) is 0 Å². The topological polar surface area (TPSA) is 23.5 Å². The zero-order chi connectivity index (χ0) is 10.2. The first kappa shape index (κ1) is 11.7. The first-order valence-corrected chi connectivity index (χ1v) is 5.85. The molecule has 0 amide bonds. The third kappa shape index (κ3) is 4.25. The van der Waals surface area contributed by atoms with Gasteiger partial charge in [0.05, 0.1) is 6.61 Å². The van der Waals surface area contributed by atoms with E-state index in [1.807, 2.05) is 0 Å². The number of aliphatic hydroxyl groups is 1. The van der Waals surface area contributed by atoms with Crippen molar-refractivity contribution in [3.8, 4) is 0 Å². The van der Waals surface area contributed by atoms with Gasteiger partial charge in [-0.1, -0.05) is 19.1 Å². The first-order valence-electron chi connectivity index (χ1n) is 5.85. The maximum absolute atomic E-state index is 8.94. The Morgan fingerprint density at radius 2 is 2.21 bits per heavy atom. The van der Waals surface area contributed by atoms with Crippen LogP contribution >= 0.6 is 0 Å². The lowest BCUT2D eigenvalue weighted by molar-refractivity contribution is 0.171. The molecule has 14 heavy (non-hydrogen) atoms. The van der Waals surface area contributed by atoms with Crippen molar-refractivity contribution < 1.29 is 5.11 Å². The summed E-state index contributed by atoms with van der Waals surface area (Å²) in [6.07, 6.45) is 9.56. The van der Waals surface area contributed by atoms with Crippen molar-refractivity contribution in [1.29, 1.82) is 0 Å². The average Bonchev–Trinajstić information content (AvgIpc) is 2.20. The zero-order valence-corrected chi connectivity index (χ0v) is 9.28. The SMILES string of the molecule is CCCN(CCO)CC1CC=CCC1. The number of aliphatic hydroxyl groups excluding tert-OH is 1. The lowest BCUT2D eigenvalue weighted by atomic mass is 9.94. The molecule has 0 heterocycles. The molecule has 0 aromatic carbocycles. The Morgan fingerprint density at radius 1 is 1.36 bits per heavy atom. The van der Waals surface area contributed by atoms with Crippen LogP contribution in [0.4, 0.5) is 0 Å². The molecule has 0 saturated heterocycles. The number of allylic oxidation sites excluding steroid dienone is 2. The molecule has 0 fully saturated rings. The van der Waals surface area contributed by atoms with Gasteiger partial charge < -0.3 is 10.0 Å². The highest BCUT2D eigenvalue weighted by Crippen LogP contribution is 2.19. The zero-order valence-electron chi connectivity index (χ0n) is 9.28. The summed E-state index contributed by atoms with van der Waals surface area (Å²) >= 11 is 0. The van der Waals surface area contributed by atoms with E-state index in [-0.39, 0.29) is 0 Å². The number of nitrogens with zero attached hydrogens (tertiary/aromatic N) is 1. The lowest BCUT2D eigenvalue weighted by Gasteiger charge is -2.27. The molecular weight excluding hydrogens is 174 g/mol. The summed E-state index contributed by atoms with van der Waals surface area (Å²) in [4.78, 5) is 2.39. The van der Waals surface area contributed by atoms with Gasteiger partial charge in [0.25, 0.3) is 0 Å². The van der Waals surface area contributed by atoms with Crippen LogP contribution in [0.5, 0.6) is 0 Å². The van der Waals surface area contributed by atoms with Crippen LogP contribution in [0.3, 0.4) is 0 Å². The summed E-state index contributed by atoms with van der Waals surface area (Å²) in [5.41, 5.74) is 0. The summed E-state index contributed by atoms with van der Waals surface area (Å²) in [6, 6.07) is 0. The molecule has 0 bridgehead atoms. The summed E-state index contributed by atoms with van der Waals surface area (Å²) in [6.45, 7) is 5.63. The minimum atomic E-state index is 0.294. The molecule has 1 atom stereocenters. The molecule has 2 heteroatoms. The predicted octanol–water partition coefficient (Wildman–Crippen LogP) is 2.05. The molecule has 0 aromatic rings. The van der Waals surface area contributed by atoms with E-state index < -0.39 is 0 Å². The molecule has 0 radical (unpaired) electrons. The standard InChI is InChI=1S/C12H23NO/c1-2-8-13(9-10-14)11-12-6-4-3-5-7-12/h3-4,12,14H,2,5-11H2,1H3. The van der Waals surface area contributed by atoms with Crippen molar-refractivity contribution in [3.05, 3.63) is 12.2 Å². The van der Waals surface area contributed by atoms with Crippen molar-refractivity contribution in [1.82, 2.24) is 4.90 Å². The quantitative estimate of drug-likeness (QED) is 0.659. The Hall–Kier alpha value is -0.340. The van der Waals surface area contributed by atoms with Crippen LogP contribution in [-0.2, 0) is 0 Å². The van der Waals surface area contributed by atoms with Crippen LogP contribution in [0.2, 0.25) is 0 Å². The van der Waals surface area contributed by atoms with Gasteiger partial charge in [-0.25, -0.2) is 0 Å². The van der Waals surface area contributed by atoms with Crippen LogP contribution in [-0.4, -0.2) is 36.2 Å². The fourth-order valence-electron chi connectivity index (χ4n) is 2.14. The minimum Gasteiger partial charge on any atom is -0.395 e. The molecule has 0 aliphatic heterocycles. The summed E-state index contributed by atoms with van der Waals surface area (Å²) in [5, 5.41) is 8.94. The number of rotatable bonds is 6. The van der Waals surface area contributed by atoms with Gasteiger partial charge in [0.1, 0.15) is 0 Å². The van der Waals surface area contributed by atoms with Gasteiger partial charge in [0, 0.05) is 13.1 Å². The monoisotopic (exact) mass is 197 g/mol. The largest absolute Gasteiger partial charge is 0.395 e. The Morgan fingerprint density at radius 3 is 2.79 bits per heavy atom. The molecule has 1 aliphatic rings. The molecule has 0 spiro atoms. The third-order valence-corrected chi connectivity index (χ3v) is 2.85. The highest BCUT2D eigenvalue weighted by molar-refractivity contribution is 4.90. The second-order valence-electron chi connectivity index (χ2n) is 4.17. The van der Waals surface area contributed by atoms with E-state index in [1.165, 1.54) is 32.2 Å². The first-order chi connectivity index (χ1) is 6.86. The molecule has 1 N–H and O–H groups in total. The second-order valence-corrected chi connectivity index (χ2v) is 4.17. The fourth-order valence-corrected chi connectivity index (χ4v) is 2.14. The Bertz CT molecular complexity index is 162. The Labute approximate surface area is 87.6 Å². The van der Waals surface area contributed by atoms with Crippen LogP contribution in [0.1, 0.15) is 32.6 Å². The van der Waals surface area contributed by atoms with Crippen molar-refractivity contribution in [2.24, 2.45) is 5.92 Å². The summed E-state index contributed by atoms with van der Waals surface area (Å²) in [5.74, 6) is 0.818. The molecular formula is C12H23NO. The van der Waals surface area contributed by atoms with Crippen LogP contribution in [0, 0.1) is 5.92 Å². The predicted molar refractivity (Wildman–Crippen MR) is 60.3 cm³/mol. The highest BCUT2D eigenvalue weighted by atomic mass is 16.3. The highest BCUT2D eigenvalue weighted by Gasteiger charge is 2.13. The summed E-state index contributed by atoms with van der Waals surface area (Å²) in [7, 11) is 0. The Balaban J connectivity index is 2.26. The third-order valence-electron chi connectivity index (χ3n) is 2.85. The van der Waals surface area contributed by atoms with E-state index in [1.54, 1.807) is 0 Å². The van der Waals surface area contributed by atoms with Gasteiger partial charge >= 0.3 is 0 Å². The smallest absolute Gasteiger partial charge is 0.0558 e. The van der Waals surface area contributed by atoms with Crippen LogP contribution in [0.15, 0.2) is 12.2 Å². The molecule has 82 valence electrons. The minimum absolute atomic E-state index is 0.294. The number of hydrogen-bond donors (Lipinski definition) is 1. The van der Waals surface area contributed by atoms with Crippen molar-refractivity contribution in [3.63, 3.8) is 0 Å². The van der Waals surface area contributed by atoms with Crippen molar-refractivity contribution in [2.75, 3.05) is 26.2 Å². The van der Waals surface area contributed by atoms with E-state index in [9.17, 15) is 0 Å². The van der Waals surface area contributed by atoms with Gasteiger partial charge in [-0.2, -0.15) is 0 Å². The molecule has 0 saturated carbocycles. The van der Waals surface area contributed by atoms with Gasteiger partial charge in [-0.3, -0.25) is 0 Å². The fraction of sp³-hybridized carbons (Fsp3) is 0.833. The molecule has 2 nitrogen and oxygen atoms in total. The molecule has 1 aliphatic carbocycles. The summed E-state index contributed by atoms with van der Waals surface area (Å²) < 4.78 is 0. The second kappa shape index (κ2) is 7.02. The van der Waals surface area contributed by atoms with E-state index >= 15 is 0 Å². The van der Waals surface area contributed by atoms with Crippen LogP contribution < -0.4 is 0 Å². The number of hydrogen-bond acceptors (Lipinski definition) is 2. The van der Waals surface area contributed by atoms with E-state index in [0.717, 1.165) is 19.0 Å². The van der Waals surface area contributed by atoms with Gasteiger partial charge in [-0.05, 0) is 38.1 Å².